The summed E-state index contributed by atoms with van der Waals surface area (Å²) < 4.78 is 5.72. The smallest absolute Gasteiger partial charge is 0.265 e. The predicted octanol–water partition coefficient (Wildman–Crippen LogP) is 3.86. The minimum atomic E-state index is -0.677. The molecule has 5 nitrogen and oxygen atoms in total. The Bertz CT molecular complexity index is 920. The highest BCUT2D eigenvalue weighted by Gasteiger charge is 2.15. The maximum Gasteiger partial charge on any atom is 0.265 e. The number of rotatable bonds is 6. The van der Waals surface area contributed by atoms with Crippen molar-refractivity contribution in [3.05, 3.63) is 84.4 Å². The molecule has 27 heavy (non-hydrogen) atoms. The number of hydrogen-bond donors (Lipinski definition) is 2. The number of ether oxygens (including phenoxy) is 1. The van der Waals surface area contributed by atoms with E-state index < -0.39 is 12.0 Å². The van der Waals surface area contributed by atoms with Gasteiger partial charge in [0, 0.05) is 11.3 Å². The Morgan fingerprint density at radius 1 is 0.852 bits per heavy atom. The molecule has 0 saturated carbocycles. The van der Waals surface area contributed by atoms with E-state index in [0.717, 1.165) is 11.1 Å². The van der Waals surface area contributed by atoms with Crippen molar-refractivity contribution < 1.29 is 14.3 Å². The van der Waals surface area contributed by atoms with E-state index in [1.807, 2.05) is 54.6 Å². The number of hydrogen-bond acceptors (Lipinski definition) is 3. The molecule has 0 spiro atoms. The Labute approximate surface area is 157 Å². The Morgan fingerprint density at radius 3 is 2.04 bits per heavy atom. The van der Waals surface area contributed by atoms with E-state index >= 15 is 0 Å². The highest BCUT2D eigenvalue weighted by atomic mass is 16.5. The molecule has 3 aromatic rings. The Kier molecular flexibility index (Phi) is 5.52. The number of amides is 2. The molecule has 0 aliphatic rings. The summed E-state index contributed by atoms with van der Waals surface area (Å²) in [5.74, 6) is -0.182. The van der Waals surface area contributed by atoms with Crippen LogP contribution in [-0.4, -0.2) is 17.9 Å². The van der Waals surface area contributed by atoms with E-state index in [2.05, 4.69) is 5.32 Å². The fourth-order valence-electron chi connectivity index (χ4n) is 2.58. The quantitative estimate of drug-likeness (QED) is 0.700. The van der Waals surface area contributed by atoms with Gasteiger partial charge in [0.1, 0.15) is 5.75 Å². The lowest BCUT2D eigenvalue weighted by atomic mass is 10.1. The van der Waals surface area contributed by atoms with Crippen molar-refractivity contribution >= 4 is 17.5 Å². The summed E-state index contributed by atoms with van der Waals surface area (Å²) in [6, 6.07) is 24.0. The number of nitrogens with one attached hydrogen (secondary N) is 1. The summed E-state index contributed by atoms with van der Waals surface area (Å²) in [5.41, 5.74) is 8.35. The van der Waals surface area contributed by atoms with Gasteiger partial charge in [-0.1, -0.05) is 42.5 Å². The molecular weight excluding hydrogens is 340 g/mol. The van der Waals surface area contributed by atoms with Gasteiger partial charge in [-0.3, -0.25) is 9.59 Å². The summed E-state index contributed by atoms with van der Waals surface area (Å²) in [5, 5.41) is 2.75. The molecule has 0 bridgehead atoms. The van der Waals surface area contributed by atoms with Crippen LogP contribution in [0.15, 0.2) is 78.9 Å². The summed E-state index contributed by atoms with van der Waals surface area (Å²) in [6.45, 7) is 1.68. The van der Waals surface area contributed by atoms with E-state index in [-0.39, 0.29) is 5.91 Å². The van der Waals surface area contributed by atoms with Crippen molar-refractivity contribution in [1.29, 1.82) is 0 Å². The fraction of sp³-hybridized carbons (Fsp3) is 0.0909. The molecule has 3 N–H and O–H groups in total. The lowest BCUT2D eigenvalue weighted by Crippen LogP contribution is -2.30. The Hall–Kier alpha value is -3.60. The first kappa shape index (κ1) is 18.2. The molecular formula is C22H20N2O3. The highest BCUT2D eigenvalue weighted by molar-refractivity contribution is 5.96. The van der Waals surface area contributed by atoms with Crippen molar-refractivity contribution in [3.63, 3.8) is 0 Å². The second kappa shape index (κ2) is 8.19. The average molecular weight is 360 g/mol. The van der Waals surface area contributed by atoms with Gasteiger partial charge in [-0.05, 0) is 54.4 Å². The van der Waals surface area contributed by atoms with Crippen molar-refractivity contribution in [1.82, 2.24) is 0 Å². The molecule has 5 heteroatoms. The molecule has 0 aliphatic heterocycles. The number of carbonyl (C=O) groups is 2. The first-order valence-corrected chi connectivity index (χ1v) is 8.56. The van der Waals surface area contributed by atoms with Crippen LogP contribution in [-0.2, 0) is 4.79 Å². The first-order valence-electron chi connectivity index (χ1n) is 8.56. The minimum absolute atomic E-state index is 0.283. The highest BCUT2D eigenvalue weighted by Crippen LogP contribution is 2.22. The van der Waals surface area contributed by atoms with Crippen LogP contribution in [0.5, 0.6) is 5.75 Å². The normalized spacial score (nSPS) is 11.4. The van der Waals surface area contributed by atoms with Gasteiger partial charge in [-0.15, -0.1) is 0 Å². The summed E-state index contributed by atoms with van der Waals surface area (Å²) in [4.78, 5) is 23.4. The zero-order chi connectivity index (χ0) is 19.2. The number of benzene rings is 3. The molecule has 3 aromatic carbocycles. The number of anilines is 1. The third-order valence-corrected chi connectivity index (χ3v) is 4.08. The zero-order valence-electron chi connectivity index (χ0n) is 14.9. The SMILES string of the molecule is C[C@@H](Oc1ccc(-c2ccccc2)cc1)C(=O)Nc1ccc(C(N)=O)cc1. The van der Waals surface area contributed by atoms with Gasteiger partial charge in [0.2, 0.25) is 5.91 Å². The second-order valence-corrected chi connectivity index (χ2v) is 6.08. The van der Waals surface area contributed by atoms with Crippen LogP contribution in [0.4, 0.5) is 5.69 Å². The van der Waals surface area contributed by atoms with Crippen LogP contribution in [0.2, 0.25) is 0 Å². The van der Waals surface area contributed by atoms with Crippen molar-refractivity contribution in [2.45, 2.75) is 13.0 Å². The second-order valence-electron chi connectivity index (χ2n) is 6.08. The molecule has 2 amide bonds. The van der Waals surface area contributed by atoms with Crippen LogP contribution in [0.25, 0.3) is 11.1 Å². The Balaban J connectivity index is 1.60. The summed E-state index contributed by atoms with van der Waals surface area (Å²) >= 11 is 0. The van der Waals surface area contributed by atoms with E-state index in [1.54, 1.807) is 31.2 Å². The molecule has 0 unspecified atom stereocenters. The van der Waals surface area contributed by atoms with Crippen LogP contribution in [0.1, 0.15) is 17.3 Å². The number of nitrogens with two attached hydrogens (primary N) is 1. The van der Waals surface area contributed by atoms with E-state index in [9.17, 15) is 9.59 Å². The van der Waals surface area contributed by atoms with Crippen LogP contribution in [0.3, 0.4) is 0 Å². The third-order valence-electron chi connectivity index (χ3n) is 4.08. The molecule has 3 rings (SSSR count). The lowest BCUT2D eigenvalue weighted by Gasteiger charge is -2.15. The maximum atomic E-state index is 12.3. The van der Waals surface area contributed by atoms with Gasteiger partial charge in [0.15, 0.2) is 6.10 Å². The Morgan fingerprint density at radius 2 is 1.44 bits per heavy atom. The average Bonchev–Trinajstić information content (AvgIpc) is 2.69. The van der Waals surface area contributed by atoms with E-state index in [1.165, 1.54) is 0 Å². The van der Waals surface area contributed by atoms with Crippen LogP contribution >= 0.6 is 0 Å². The van der Waals surface area contributed by atoms with Gasteiger partial charge in [0.05, 0.1) is 0 Å². The molecule has 0 aliphatic carbocycles. The number of carbonyl (C=O) groups excluding carboxylic acids is 2. The molecule has 1 atom stereocenters. The minimum Gasteiger partial charge on any atom is -0.481 e. The van der Waals surface area contributed by atoms with Gasteiger partial charge >= 0.3 is 0 Å². The van der Waals surface area contributed by atoms with E-state index in [4.69, 9.17) is 10.5 Å². The lowest BCUT2D eigenvalue weighted by molar-refractivity contribution is -0.122. The fourth-order valence-corrected chi connectivity index (χ4v) is 2.58. The van der Waals surface area contributed by atoms with Crippen molar-refractivity contribution in [3.8, 4) is 16.9 Å². The largest absolute Gasteiger partial charge is 0.481 e. The first-order chi connectivity index (χ1) is 13.0. The number of primary amides is 1. The summed E-state index contributed by atoms with van der Waals surface area (Å²) in [6.07, 6.45) is -0.677. The molecule has 0 heterocycles. The van der Waals surface area contributed by atoms with Crippen LogP contribution < -0.4 is 15.8 Å². The topological polar surface area (TPSA) is 81.4 Å². The van der Waals surface area contributed by atoms with Gasteiger partial charge in [-0.25, -0.2) is 0 Å². The van der Waals surface area contributed by atoms with E-state index in [0.29, 0.717) is 17.0 Å². The van der Waals surface area contributed by atoms with Gasteiger partial charge < -0.3 is 15.8 Å². The monoisotopic (exact) mass is 360 g/mol. The molecule has 0 aromatic heterocycles. The molecule has 0 saturated heterocycles. The van der Waals surface area contributed by atoms with Crippen molar-refractivity contribution in [2.75, 3.05) is 5.32 Å². The van der Waals surface area contributed by atoms with Gasteiger partial charge in [-0.2, -0.15) is 0 Å². The summed E-state index contributed by atoms with van der Waals surface area (Å²) in [7, 11) is 0. The van der Waals surface area contributed by atoms with Crippen LogP contribution in [0, 0.1) is 0 Å². The molecule has 0 radical (unpaired) electrons. The molecule has 0 fully saturated rings. The zero-order valence-corrected chi connectivity index (χ0v) is 14.9. The predicted molar refractivity (Wildman–Crippen MR) is 106 cm³/mol. The van der Waals surface area contributed by atoms with Gasteiger partial charge in [0.25, 0.3) is 5.91 Å². The molecule has 136 valence electrons. The van der Waals surface area contributed by atoms with Crippen molar-refractivity contribution in [2.24, 2.45) is 5.73 Å². The maximum absolute atomic E-state index is 12.3. The third kappa shape index (κ3) is 4.73. The standard InChI is InChI=1S/C22H20N2O3/c1-15(22(26)24-19-11-7-18(8-12-19)21(23)25)27-20-13-9-17(10-14-20)16-5-3-2-4-6-16/h2-15H,1H3,(H2,23,25)(H,24,26)/t15-/m1/s1.